The van der Waals surface area contributed by atoms with Crippen LogP contribution in [0.25, 0.3) is 0 Å². The lowest BCUT2D eigenvalue weighted by atomic mass is 10.1. The molecule has 0 aliphatic heterocycles. The lowest BCUT2D eigenvalue weighted by molar-refractivity contribution is -0.118. The Morgan fingerprint density at radius 1 is 1.29 bits per heavy atom. The molecule has 0 spiro atoms. The van der Waals surface area contributed by atoms with Crippen molar-refractivity contribution in [3.8, 4) is 11.8 Å². The van der Waals surface area contributed by atoms with Gasteiger partial charge in [0.05, 0.1) is 12.1 Å². The van der Waals surface area contributed by atoms with Crippen molar-refractivity contribution in [3.63, 3.8) is 0 Å². The predicted octanol–water partition coefficient (Wildman–Crippen LogP) is 0.521. The smallest absolute Gasteiger partial charge is 0.252 e. The highest BCUT2D eigenvalue weighted by molar-refractivity contribution is 5.96. The summed E-state index contributed by atoms with van der Waals surface area (Å²) in [5, 5.41) is 2.66. The largest absolute Gasteiger partial charge is 0.370 e. The number of halogens is 1. The van der Waals surface area contributed by atoms with Crippen molar-refractivity contribution in [2.75, 3.05) is 13.1 Å². The lowest BCUT2D eigenvalue weighted by Gasteiger charge is -2.07. The predicted molar refractivity (Wildman–Crippen MR) is 77.7 cm³/mol. The molecule has 1 aromatic carbocycles. The summed E-state index contributed by atoms with van der Waals surface area (Å²) in [7, 11) is 0. The van der Waals surface area contributed by atoms with Crippen LogP contribution in [-0.2, 0) is 4.79 Å². The van der Waals surface area contributed by atoms with Gasteiger partial charge in [0.15, 0.2) is 0 Å². The molecule has 5 nitrogen and oxygen atoms in total. The summed E-state index contributed by atoms with van der Waals surface area (Å²) in [4.78, 5) is 22.6. The van der Waals surface area contributed by atoms with E-state index in [0.29, 0.717) is 24.9 Å². The number of unbranched alkanes of at least 4 members (excludes halogenated alkanes) is 1. The second-order valence-electron chi connectivity index (χ2n) is 4.38. The summed E-state index contributed by atoms with van der Waals surface area (Å²) in [6.07, 6.45) is 1.50. The summed E-state index contributed by atoms with van der Waals surface area (Å²) in [5.41, 5.74) is 10.9. The van der Waals surface area contributed by atoms with E-state index in [4.69, 9.17) is 11.5 Å². The molecule has 0 saturated heterocycles. The maximum atomic E-state index is 13.3. The molecule has 1 aromatic rings. The summed E-state index contributed by atoms with van der Waals surface area (Å²) in [6, 6.07) is 3.82. The summed E-state index contributed by atoms with van der Waals surface area (Å²) >= 11 is 0. The Bertz CT molecular complexity index is 576. The number of amides is 2. The van der Waals surface area contributed by atoms with Crippen LogP contribution in [0.1, 0.15) is 35.2 Å². The van der Waals surface area contributed by atoms with Crippen molar-refractivity contribution in [2.24, 2.45) is 11.5 Å². The molecule has 6 heteroatoms. The maximum absolute atomic E-state index is 13.3. The number of carbonyl (C=O) groups excluding carboxylic acids is 2. The molecule has 1 rings (SSSR count). The highest BCUT2D eigenvalue weighted by Gasteiger charge is 2.11. The minimum Gasteiger partial charge on any atom is -0.370 e. The van der Waals surface area contributed by atoms with E-state index in [2.05, 4.69) is 17.2 Å². The lowest BCUT2D eigenvalue weighted by Crippen LogP contribution is -2.25. The molecule has 0 bridgehead atoms. The molecule has 0 unspecified atom stereocenters. The van der Waals surface area contributed by atoms with Crippen LogP contribution in [0.15, 0.2) is 18.2 Å². The van der Waals surface area contributed by atoms with Crippen molar-refractivity contribution >= 4 is 11.8 Å². The summed E-state index contributed by atoms with van der Waals surface area (Å²) < 4.78 is 13.3. The van der Waals surface area contributed by atoms with Crippen molar-refractivity contribution in [2.45, 2.75) is 19.3 Å². The van der Waals surface area contributed by atoms with Crippen LogP contribution < -0.4 is 16.8 Å². The van der Waals surface area contributed by atoms with Gasteiger partial charge in [0.2, 0.25) is 5.91 Å². The molecule has 0 aliphatic rings. The Kier molecular flexibility index (Phi) is 6.92. The molecule has 5 N–H and O–H groups in total. The number of primary amides is 1. The summed E-state index contributed by atoms with van der Waals surface area (Å²) in [5.74, 6) is 4.08. The first-order chi connectivity index (χ1) is 10.0. The van der Waals surface area contributed by atoms with Crippen LogP contribution in [0, 0.1) is 17.7 Å². The molecule has 2 amide bonds. The molecule has 0 aromatic heterocycles. The fourth-order valence-corrected chi connectivity index (χ4v) is 1.68. The zero-order valence-electron chi connectivity index (χ0n) is 11.6. The third-order valence-corrected chi connectivity index (χ3v) is 2.69. The van der Waals surface area contributed by atoms with E-state index in [1.807, 2.05) is 0 Å². The van der Waals surface area contributed by atoms with Gasteiger partial charge in [-0.3, -0.25) is 9.59 Å². The van der Waals surface area contributed by atoms with Gasteiger partial charge in [0, 0.05) is 18.5 Å². The minimum absolute atomic E-state index is 0.158. The molecular formula is C15H18FN3O2. The highest BCUT2D eigenvalue weighted by atomic mass is 19.1. The van der Waals surface area contributed by atoms with Crippen LogP contribution in [0.4, 0.5) is 4.39 Å². The average Bonchev–Trinajstić information content (AvgIpc) is 2.45. The SMILES string of the molecule is NCC#Cc1ccc(F)cc1C(=O)NCCCCC(N)=O. The van der Waals surface area contributed by atoms with Crippen molar-refractivity contribution < 1.29 is 14.0 Å². The molecule has 0 fully saturated rings. The second kappa shape index (κ2) is 8.72. The third-order valence-electron chi connectivity index (χ3n) is 2.69. The number of carbonyl (C=O) groups is 2. The zero-order chi connectivity index (χ0) is 15.7. The van der Waals surface area contributed by atoms with E-state index in [-0.39, 0.29) is 24.4 Å². The Hall–Kier alpha value is -2.39. The number of benzene rings is 1. The van der Waals surface area contributed by atoms with Crippen molar-refractivity contribution in [1.29, 1.82) is 0 Å². The second-order valence-corrected chi connectivity index (χ2v) is 4.38. The standard InChI is InChI=1S/C15H18FN3O2/c16-12-7-6-11(4-3-8-17)13(10-12)15(21)19-9-2-1-5-14(18)20/h6-7,10H,1-2,5,8-9,17H2,(H2,18,20)(H,19,21). The van der Waals surface area contributed by atoms with Gasteiger partial charge in [0.1, 0.15) is 5.82 Å². The van der Waals surface area contributed by atoms with Crippen molar-refractivity contribution in [3.05, 3.63) is 35.1 Å². The Balaban J connectivity index is 2.64. The molecule has 0 heterocycles. The minimum atomic E-state index is -0.507. The van der Waals surface area contributed by atoms with Gasteiger partial charge < -0.3 is 16.8 Å². The fraction of sp³-hybridized carbons (Fsp3) is 0.333. The number of nitrogens with one attached hydrogen (secondary N) is 1. The molecule has 21 heavy (non-hydrogen) atoms. The molecule has 112 valence electrons. The highest BCUT2D eigenvalue weighted by Crippen LogP contribution is 2.10. The normalized spacial score (nSPS) is 9.62. The van der Waals surface area contributed by atoms with E-state index in [0.717, 1.165) is 6.07 Å². The molecule has 0 radical (unpaired) electrons. The molecule has 0 atom stereocenters. The number of rotatable bonds is 6. The third kappa shape index (κ3) is 6.06. The molecular weight excluding hydrogens is 273 g/mol. The van der Waals surface area contributed by atoms with Crippen LogP contribution >= 0.6 is 0 Å². The van der Waals surface area contributed by atoms with Crippen LogP contribution in [0.3, 0.4) is 0 Å². The monoisotopic (exact) mass is 291 g/mol. The van der Waals surface area contributed by atoms with Crippen LogP contribution in [0.2, 0.25) is 0 Å². The van der Waals surface area contributed by atoms with E-state index < -0.39 is 11.7 Å². The van der Waals surface area contributed by atoms with E-state index in [1.165, 1.54) is 12.1 Å². The molecule has 0 saturated carbocycles. The van der Waals surface area contributed by atoms with Gasteiger partial charge in [-0.05, 0) is 31.0 Å². The first kappa shape index (κ1) is 16.7. The number of hydrogen-bond donors (Lipinski definition) is 3. The first-order valence-electron chi connectivity index (χ1n) is 6.59. The van der Waals surface area contributed by atoms with Gasteiger partial charge in [-0.2, -0.15) is 0 Å². The quantitative estimate of drug-likeness (QED) is 0.526. The Labute approximate surface area is 122 Å². The van der Waals surface area contributed by atoms with E-state index in [1.54, 1.807) is 0 Å². The van der Waals surface area contributed by atoms with Gasteiger partial charge in [0.25, 0.3) is 5.91 Å². The average molecular weight is 291 g/mol. The number of hydrogen-bond acceptors (Lipinski definition) is 3. The van der Waals surface area contributed by atoms with E-state index >= 15 is 0 Å². The first-order valence-corrected chi connectivity index (χ1v) is 6.59. The summed E-state index contributed by atoms with van der Waals surface area (Å²) in [6.45, 7) is 0.540. The van der Waals surface area contributed by atoms with E-state index in [9.17, 15) is 14.0 Å². The Morgan fingerprint density at radius 2 is 2.05 bits per heavy atom. The van der Waals surface area contributed by atoms with Gasteiger partial charge >= 0.3 is 0 Å². The fourth-order valence-electron chi connectivity index (χ4n) is 1.68. The molecule has 0 aliphatic carbocycles. The maximum Gasteiger partial charge on any atom is 0.252 e. The zero-order valence-corrected chi connectivity index (χ0v) is 11.6. The van der Waals surface area contributed by atoms with Crippen molar-refractivity contribution in [1.82, 2.24) is 5.32 Å². The van der Waals surface area contributed by atoms with Gasteiger partial charge in [-0.15, -0.1) is 0 Å². The van der Waals surface area contributed by atoms with Crippen LogP contribution in [-0.4, -0.2) is 24.9 Å². The van der Waals surface area contributed by atoms with Gasteiger partial charge in [-0.1, -0.05) is 11.8 Å². The topological polar surface area (TPSA) is 98.2 Å². The van der Waals surface area contributed by atoms with Gasteiger partial charge in [-0.25, -0.2) is 4.39 Å². The number of nitrogens with two attached hydrogens (primary N) is 2. The Morgan fingerprint density at radius 3 is 2.71 bits per heavy atom. The van der Waals surface area contributed by atoms with Crippen LogP contribution in [0.5, 0.6) is 0 Å².